The molecule has 20 heavy (non-hydrogen) atoms. The maximum absolute atomic E-state index is 12.1. The molecule has 0 unspecified atom stereocenters. The van der Waals surface area contributed by atoms with Gasteiger partial charge in [-0.3, -0.25) is 4.72 Å². The van der Waals surface area contributed by atoms with Gasteiger partial charge in [-0.05, 0) is 46.3 Å². The summed E-state index contributed by atoms with van der Waals surface area (Å²) in [6.45, 7) is 0. The van der Waals surface area contributed by atoms with Gasteiger partial charge in [0.05, 0.1) is 9.47 Å². The normalized spacial score (nSPS) is 11.1. The van der Waals surface area contributed by atoms with Gasteiger partial charge in [-0.15, -0.1) is 11.3 Å². The van der Waals surface area contributed by atoms with E-state index in [1.807, 2.05) is 0 Å². The van der Waals surface area contributed by atoms with Crippen LogP contribution in [-0.4, -0.2) is 14.4 Å². The van der Waals surface area contributed by atoms with Gasteiger partial charge in [0.2, 0.25) is 0 Å². The summed E-state index contributed by atoms with van der Waals surface area (Å²) in [5.41, 5.74) is 5.74. The number of primary amides is 1. The number of nitrogens with two attached hydrogens (primary N) is 1. The Morgan fingerprint density at radius 3 is 2.50 bits per heavy atom. The van der Waals surface area contributed by atoms with Crippen LogP contribution >= 0.6 is 27.3 Å². The molecule has 2 aromatic rings. The van der Waals surface area contributed by atoms with Crippen molar-refractivity contribution in [3.63, 3.8) is 0 Å². The lowest BCUT2D eigenvalue weighted by atomic mass is 10.3. The molecule has 9 heteroatoms. The SMILES string of the molecule is NC(=O)Nc1cccc(NS(=O)(=O)c2ccc(Br)s2)c1. The zero-order chi connectivity index (χ0) is 14.8. The van der Waals surface area contributed by atoms with Crippen LogP contribution < -0.4 is 15.8 Å². The van der Waals surface area contributed by atoms with E-state index < -0.39 is 16.1 Å². The van der Waals surface area contributed by atoms with Crippen LogP contribution in [0.2, 0.25) is 0 Å². The summed E-state index contributed by atoms with van der Waals surface area (Å²) in [5, 5.41) is 2.37. The maximum Gasteiger partial charge on any atom is 0.316 e. The summed E-state index contributed by atoms with van der Waals surface area (Å²) in [6.07, 6.45) is 0. The van der Waals surface area contributed by atoms with Gasteiger partial charge < -0.3 is 11.1 Å². The van der Waals surface area contributed by atoms with E-state index in [2.05, 4.69) is 26.0 Å². The first-order valence-corrected chi connectivity index (χ1v) is 8.41. The number of hydrogen-bond donors (Lipinski definition) is 3. The molecule has 2 amide bonds. The summed E-state index contributed by atoms with van der Waals surface area (Å²) in [5.74, 6) is 0. The first-order chi connectivity index (χ1) is 9.37. The molecule has 0 aliphatic rings. The van der Waals surface area contributed by atoms with Crippen molar-refractivity contribution < 1.29 is 13.2 Å². The van der Waals surface area contributed by atoms with E-state index in [9.17, 15) is 13.2 Å². The number of nitrogens with one attached hydrogen (secondary N) is 2. The van der Waals surface area contributed by atoms with Crippen molar-refractivity contribution >= 4 is 54.7 Å². The number of urea groups is 1. The Labute approximate surface area is 128 Å². The Balaban J connectivity index is 2.23. The number of amides is 2. The molecule has 1 aromatic carbocycles. The third-order valence-corrected chi connectivity index (χ3v) is 5.69. The minimum absolute atomic E-state index is 0.192. The number of halogens is 1. The fraction of sp³-hybridized carbons (Fsp3) is 0. The number of thiophene rings is 1. The van der Waals surface area contributed by atoms with Crippen molar-refractivity contribution in [1.82, 2.24) is 0 Å². The van der Waals surface area contributed by atoms with Gasteiger partial charge in [0, 0.05) is 5.69 Å². The Bertz CT molecular complexity index is 743. The largest absolute Gasteiger partial charge is 0.351 e. The molecule has 0 aliphatic heterocycles. The number of carbonyl (C=O) groups is 1. The number of carbonyl (C=O) groups excluding carboxylic acids is 1. The molecule has 2 rings (SSSR count). The molecular weight excluding hydrogens is 366 g/mol. The minimum Gasteiger partial charge on any atom is -0.351 e. The lowest BCUT2D eigenvalue weighted by molar-refractivity contribution is 0.259. The number of benzene rings is 1. The molecule has 0 atom stereocenters. The van der Waals surface area contributed by atoms with E-state index in [0.29, 0.717) is 11.4 Å². The molecule has 1 aromatic heterocycles. The average Bonchev–Trinajstić information content (AvgIpc) is 2.75. The van der Waals surface area contributed by atoms with Gasteiger partial charge in [-0.25, -0.2) is 13.2 Å². The maximum atomic E-state index is 12.1. The van der Waals surface area contributed by atoms with E-state index in [4.69, 9.17) is 5.73 Å². The molecule has 6 nitrogen and oxygen atoms in total. The second-order valence-corrected chi connectivity index (χ2v) is 8.11. The zero-order valence-corrected chi connectivity index (χ0v) is 13.2. The summed E-state index contributed by atoms with van der Waals surface area (Å²) >= 11 is 4.32. The summed E-state index contributed by atoms with van der Waals surface area (Å²) in [6, 6.07) is 8.70. The van der Waals surface area contributed by atoms with Crippen LogP contribution in [0.15, 0.2) is 44.4 Å². The molecule has 0 aliphatic carbocycles. The molecule has 0 saturated heterocycles. The van der Waals surface area contributed by atoms with Gasteiger partial charge in [0.15, 0.2) is 0 Å². The molecule has 106 valence electrons. The number of anilines is 2. The quantitative estimate of drug-likeness (QED) is 0.765. The molecule has 0 radical (unpaired) electrons. The van der Waals surface area contributed by atoms with Gasteiger partial charge >= 0.3 is 6.03 Å². The van der Waals surface area contributed by atoms with E-state index in [1.54, 1.807) is 24.3 Å². The van der Waals surface area contributed by atoms with Gasteiger partial charge in [0.1, 0.15) is 4.21 Å². The summed E-state index contributed by atoms with van der Waals surface area (Å²) < 4.78 is 27.6. The van der Waals surface area contributed by atoms with Crippen LogP contribution in [0, 0.1) is 0 Å². The van der Waals surface area contributed by atoms with Gasteiger partial charge in [0.25, 0.3) is 10.0 Å². The minimum atomic E-state index is -3.64. The van der Waals surface area contributed by atoms with Crippen LogP contribution in [0.5, 0.6) is 0 Å². The van der Waals surface area contributed by atoms with Crippen molar-refractivity contribution in [3.05, 3.63) is 40.2 Å². The van der Waals surface area contributed by atoms with Crippen molar-refractivity contribution in [1.29, 1.82) is 0 Å². The Hall–Kier alpha value is -1.58. The highest BCUT2D eigenvalue weighted by Gasteiger charge is 2.16. The average molecular weight is 376 g/mol. The Kier molecular flexibility index (Phi) is 4.31. The van der Waals surface area contributed by atoms with E-state index in [1.165, 1.54) is 12.1 Å². The molecule has 0 fully saturated rings. The predicted octanol–water partition coefficient (Wildman–Crippen LogP) is 2.80. The molecule has 0 bridgehead atoms. The topological polar surface area (TPSA) is 101 Å². The number of sulfonamides is 1. The fourth-order valence-corrected chi connectivity index (χ4v) is 4.51. The van der Waals surface area contributed by atoms with E-state index in [0.717, 1.165) is 15.1 Å². The Morgan fingerprint density at radius 2 is 1.90 bits per heavy atom. The fourth-order valence-electron chi connectivity index (χ4n) is 1.45. The molecule has 4 N–H and O–H groups in total. The standard InChI is InChI=1S/C11H10BrN3O3S2/c12-9-4-5-10(19-9)20(17,18)15-8-3-1-2-7(6-8)14-11(13)16/h1-6,15H,(H3,13,14,16). The predicted molar refractivity (Wildman–Crippen MR) is 82.5 cm³/mol. The first-order valence-electron chi connectivity index (χ1n) is 5.31. The lowest BCUT2D eigenvalue weighted by Gasteiger charge is -2.08. The van der Waals surface area contributed by atoms with Gasteiger partial charge in [-0.1, -0.05) is 6.07 Å². The highest BCUT2D eigenvalue weighted by molar-refractivity contribution is 9.11. The Morgan fingerprint density at radius 1 is 1.20 bits per heavy atom. The third kappa shape index (κ3) is 3.71. The number of rotatable bonds is 4. The van der Waals surface area contributed by atoms with Crippen molar-refractivity contribution in [2.45, 2.75) is 4.21 Å². The van der Waals surface area contributed by atoms with E-state index >= 15 is 0 Å². The van der Waals surface area contributed by atoms with E-state index in [-0.39, 0.29) is 4.21 Å². The highest BCUT2D eigenvalue weighted by atomic mass is 79.9. The van der Waals surface area contributed by atoms with Crippen LogP contribution in [0.3, 0.4) is 0 Å². The van der Waals surface area contributed by atoms with Gasteiger partial charge in [-0.2, -0.15) is 0 Å². The molecule has 1 heterocycles. The van der Waals surface area contributed by atoms with Crippen molar-refractivity contribution in [3.8, 4) is 0 Å². The lowest BCUT2D eigenvalue weighted by Crippen LogP contribution is -2.19. The van der Waals surface area contributed by atoms with Crippen molar-refractivity contribution in [2.24, 2.45) is 5.73 Å². The third-order valence-electron chi connectivity index (χ3n) is 2.20. The number of hydrogen-bond acceptors (Lipinski definition) is 4. The monoisotopic (exact) mass is 375 g/mol. The van der Waals surface area contributed by atoms with Crippen LogP contribution in [0.1, 0.15) is 0 Å². The highest BCUT2D eigenvalue weighted by Crippen LogP contribution is 2.28. The van der Waals surface area contributed by atoms with Crippen LogP contribution in [0.25, 0.3) is 0 Å². The summed E-state index contributed by atoms with van der Waals surface area (Å²) in [4.78, 5) is 10.8. The smallest absolute Gasteiger partial charge is 0.316 e. The first kappa shape index (κ1) is 14.8. The summed E-state index contributed by atoms with van der Waals surface area (Å²) in [7, 11) is -3.64. The molecular formula is C11H10BrN3O3S2. The van der Waals surface area contributed by atoms with Crippen LogP contribution in [-0.2, 0) is 10.0 Å². The molecule has 0 spiro atoms. The zero-order valence-electron chi connectivity index (χ0n) is 9.96. The second-order valence-electron chi connectivity index (χ2n) is 3.73. The molecule has 0 saturated carbocycles. The van der Waals surface area contributed by atoms with Crippen molar-refractivity contribution in [2.75, 3.05) is 10.0 Å². The second kappa shape index (κ2) is 5.81. The van der Waals surface area contributed by atoms with Crippen LogP contribution in [0.4, 0.5) is 16.2 Å².